The lowest BCUT2D eigenvalue weighted by Crippen LogP contribution is -2.35. The fraction of sp³-hybridized carbons (Fsp3) is 0.333. The average Bonchev–Trinajstić information content (AvgIpc) is 2.75. The van der Waals surface area contributed by atoms with Gasteiger partial charge in [-0.25, -0.2) is 18.7 Å². The number of rotatable bonds is 4. The Morgan fingerprint density at radius 1 is 1.44 bits per heavy atom. The van der Waals surface area contributed by atoms with Crippen LogP contribution in [-0.4, -0.2) is 29.0 Å². The minimum absolute atomic E-state index is 0.416. The Hall–Kier alpha value is -1.34. The topological polar surface area (TPSA) is 63.8 Å². The molecule has 0 spiro atoms. The number of halogens is 2. The van der Waals surface area contributed by atoms with E-state index >= 15 is 0 Å². The highest BCUT2D eigenvalue weighted by Gasteiger charge is 2.26. The third-order valence-electron chi connectivity index (χ3n) is 2.07. The maximum Gasteiger partial charge on any atom is 0.276 e. The van der Waals surface area contributed by atoms with Crippen molar-refractivity contribution >= 4 is 27.4 Å². The minimum atomic E-state index is -2.92. The Balaban J connectivity index is 2.18. The Bertz CT molecular complexity index is 485. The number of anilines is 1. The molecule has 0 fully saturated rings. The van der Waals surface area contributed by atoms with Gasteiger partial charge in [0.15, 0.2) is 0 Å². The minimum Gasteiger partial charge on any atom is -0.363 e. The van der Waals surface area contributed by atoms with Crippen molar-refractivity contribution in [1.29, 1.82) is 0 Å². The highest BCUT2D eigenvalue weighted by atomic mass is 32.1. The number of nitrogens with one attached hydrogen (secondary N) is 1. The molecule has 0 saturated carbocycles. The smallest absolute Gasteiger partial charge is 0.276 e. The quantitative estimate of drug-likeness (QED) is 0.859. The van der Waals surface area contributed by atoms with Gasteiger partial charge in [0.25, 0.3) is 5.92 Å². The molecular formula is C9H10F2N4S. The summed E-state index contributed by atoms with van der Waals surface area (Å²) in [6, 6.07) is 1.79. The number of fused-ring (bicyclic) bond motifs is 1. The number of thiophene rings is 1. The van der Waals surface area contributed by atoms with E-state index < -0.39 is 19.0 Å². The van der Waals surface area contributed by atoms with E-state index in [-0.39, 0.29) is 0 Å². The first kappa shape index (κ1) is 11.2. The van der Waals surface area contributed by atoms with Crippen molar-refractivity contribution in [1.82, 2.24) is 9.97 Å². The fourth-order valence-corrected chi connectivity index (χ4v) is 1.95. The van der Waals surface area contributed by atoms with E-state index in [4.69, 9.17) is 5.73 Å². The molecule has 0 unspecified atom stereocenters. The van der Waals surface area contributed by atoms with Gasteiger partial charge in [-0.2, -0.15) is 0 Å². The first-order valence-corrected chi connectivity index (χ1v) is 5.50. The van der Waals surface area contributed by atoms with Crippen LogP contribution in [0.2, 0.25) is 0 Å². The van der Waals surface area contributed by atoms with Gasteiger partial charge in [-0.15, -0.1) is 11.3 Å². The lowest BCUT2D eigenvalue weighted by molar-refractivity contribution is 0.0253. The maximum absolute atomic E-state index is 12.9. The molecule has 0 aromatic carbocycles. The molecule has 3 N–H and O–H groups in total. The predicted molar refractivity (Wildman–Crippen MR) is 59.9 cm³/mol. The summed E-state index contributed by atoms with van der Waals surface area (Å²) >= 11 is 1.44. The molecule has 0 amide bonds. The molecule has 16 heavy (non-hydrogen) atoms. The zero-order valence-corrected chi connectivity index (χ0v) is 9.10. The van der Waals surface area contributed by atoms with E-state index in [0.29, 0.717) is 5.82 Å². The van der Waals surface area contributed by atoms with E-state index in [2.05, 4.69) is 15.3 Å². The van der Waals surface area contributed by atoms with Gasteiger partial charge in [0.1, 0.15) is 17.0 Å². The predicted octanol–water partition coefficient (Wildman–Crippen LogP) is 1.70. The molecule has 0 saturated heterocycles. The SMILES string of the molecule is NCC(F)(F)CNc1ncnc2sccc12. The maximum atomic E-state index is 12.9. The molecule has 7 heteroatoms. The van der Waals surface area contributed by atoms with Crippen molar-refractivity contribution in [3.63, 3.8) is 0 Å². The molecule has 0 aliphatic carbocycles. The summed E-state index contributed by atoms with van der Waals surface area (Å²) in [5.74, 6) is -2.51. The summed E-state index contributed by atoms with van der Waals surface area (Å²) in [7, 11) is 0. The van der Waals surface area contributed by atoms with Gasteiger partial charge in [-0.1, -0.05) is 0 Å². The molecule has 2 rings (SSSR count). The summed E-state index contributed by atoms with van der Waals surface area (Å²) in [6.07, 6.45) is 1.35. The van der Waals surface area contributed by atoms with Gasteiger partial charge in [0, 0.05) is 0 Å². The Morgan fingerprint density at radius 3 is 3.00 bits per heavy atom. The highest BCUT2D eigenvalue weighted by molar-refractivity contribution is 7.16. The molecule has 0 radical (unpaired) electrons. The van der Waals surface area contributed by atoms with Gasteiger partial charge in [-0.3, -0.25) is 0 Å². The highest BCUT2D eigenvalue weighted by Crippen LogP contribution is 2.24. The number of hydrogen-bond donors (Lipinski definition) is 2. The van der Waals surface area contributed by atoms with Crippen LogP contribution in [0.25, 0.3) is 10.2 Å². The molecule has 0 atom stereocenters. The van der Waals surface area contributed by atoms with Gasteiger partial charge < -0.3 is 11.1 Å². The van der Waals surface area contributed by atoms with E-state index in [0.717, 1.165) is 10.2 Å². The lowest BCUT2D eigenvalue weighted by atomic mass is 10.3. The second-order valence-corrected chi connectivity index (χ2v) is 4.17. The largest absolute Gasteiger partial charge is 0.363 e. The average molecular weight is 244 g/mol. The van der Waals surface area contributed by atoms with Crippen molar-refractivity contribution in [3.8, 4) is 0 Å². The lowest BCUT2D eigenvalue weighted by Gasteiger charge is -2.15. The third kappa shape index (κ3) is 2.25. The number of aromatic nitrogens is 2. The summed E-state index contributed by atoms with van der Waals surface area (Å²) in [5.41, 5.74) is 4.94. The van der Waals surface area contributed by atoms with Crippen LogP contribution in [0.1, 0.15) is 0 Å². The van der Waals surface area contributed by atoms with E-state index in [1.165, 1.54) is 17.7 Å². The van der Waals surface area contributed by atoms with Crippen LogP contribution in [0.5, 0.6) is 0 Å². The molecule has 0 aliphatic heterocycles. The zero-order valence-electron chi connectivity index (χ0n) is 8.28. The van der Waals surface area contributed by atoms with Crippen LogP contribution in [0.3, 0.4) is 0 Å². The number of alkyl halides is 2. The number of nitrogens with two attached hydrogens (primary N) is 1. The van der Waals surface area contributed by atoms with E-state index in [1.807, 2.05) is 5.38 Å². The van der Waals surface area contributed by atoms with Gasteiger partial charge in [0.2, 0.25) is 0 Å². The molecule has 2 aromatic rings. The van der Waals surface area contributed by atoms with Gasteiger partial charge >= 0.3 is 0 Å². The van der Waals surface area contributed by atoms with Gasteiger partial charge in [-0.05, 0) is 11.4 Å². The van der Waals surface area contributed by atoms with Crippen molar-refractivity contribution in [2.24, 2.45) is 5.73 Å². The van der Waals surface area contributed by atoms with Crippen LogP contribution in [0.15, 0.2) is 17.8 Å². The van der Waals surface area contributed by atoms with E-state index in [1.54, 1.807) is 6.07 Å². The van der Waals surface area contributed by atoms with Crippen LogP contribution in [-0.2, 0) is 0 Å². The zero-order chi connectivity index (χ0) is 11.6. The van der Waals surface area contributed by atoms with Crippen LogP contribution >= 0.6 is 11.3 Å². The van der Waals surface area contributed by atoms with Crippen molar-refractivity contribution in [2.45, 2.75) is 5.92 Å². The fourth-order valence-electron chi connectivity index (χ4n) is 1.22. The molecule has 86 valence electrons. The summed E-state index contributed by atoms with van der Waals surface area (Å²) in [6.45, 7) is -1.21. The second kappa shape index (κ2) is 4.26. The number of nitrogens with zero attached hydrogens (tertiary/aromatic N) is 2. The van der Waals surface area contributed by atoms with Crippen LogP contribution in [0.4, 0.5) is 14.6 Å². The normalized spacial score (nSPS) is 11.9. The first-order valence-electron chi connectivity index (χ1n) is 4.62. The standard InChI is InChI=1S/C9H10F2N4S/c10-9(11,3-12)4-13-7-6-1-2-16-8(6)15-5-14-7/h1-2,5H,3-4,12H2,(H,13,14,15). The summed E-state index contributed by atoms with van der Waals surface area (Å²) in [4.78, 5) is 8.72. The third-order valence-corrected chi connectivity index (χ3v) is 2.90. The Kier molecular flexibility index (Phi) is 2.97. The summed E-state index contributed by atoms with van der Waals surface area (Å²) < 4.78 is 25.9. The second-order valence-electron chi connectivity index (χ2n) is 3.28. The van der Waals surface area contributed by atoms with Crippen molar-refractivity contribution in [2.75, 3.05) is 18.4 Å². The van der Waals surface area contributed by atoms with Crippen molar-refractivity contribution < 1.29 is 8.78 Å². The van der Waals surface area contributed by atoms with Gasteiger partial charge in [0.05, 0.1) is 18.5 Å². The van der Waals surface area contributed by atoms with E-state index in [9.17, 15) is 8.78 Å². The van der Waals surface area contributed by atoms with Crippen LogP contribution in [0, 0.1) is 0 Å². The molecular weight excluding hydrogens is 234 g/mol. The molecule has 2 heterocycles. The molecule has 4 nitrogen and oxygen atoms in total. The summed E-state index contributed by atoms with van der Waals surface area (Å²) in [5, 5.41) is 5.18. The number of hydrogen-bond acceptors (Lipinski definition) is 5. The molecule has 0 aliphatic rings. The van der Waals surface area contributed by atoms with Crippen LogP contribution < -0.4 is 11.1 Å². The first-order chi connectivity index (χ1) is 7.62. The molecule has 2 aromatic heterocycles. The Morgan fingerprint density at radius 2 is 2.25 bits per heavy atom. The monoisotopic (exact) mass is 244 g/mol. The van der Waals surface area contributed by atoms with Crippen molar-refractivity contribution in [3.05, 3.63) is 17.8 Å². The Labute approximate surface area is 94.5 Å². The molecule has 0 bridgehead atoms.